The molecule has 3 N–H and O–H groups in total. The lowest BCUT2D eigenvalue weighted by atomic mass is 10.1. The number of aromatic nitrogens is 2. The van der Waals surface area contributed by atoms with E-state index in [4.69, 9.17) is 4.74 Å². The van der Waals surface area contributed by atoms with Crippen molar-refractivity contribution in [2.24, 2.45) is 0 Å². The minimum absolute atomic E-state index is 0.0618. The minimum Gasteiger partial charge on any atom is -0.504 e. The van der Waals surface area contributed by atoms with Crippen molar-refractivity contribution in [2.75, 3.05) is 13.7 Å². The highest BCUT2D eigenvalue weighted by molar-refractivity contribution is 5.51. The van der Waals surface area contributed by atoms with E-state index in [1.807, 2.05) is 0 Å². The standard InChI is InChI=1S/C16H16F3N3O4/c1-26-12-5-8(4-11(23)13(12)24)6-22-3-2-9-10(7-22)20-15(16(17,18)19)21-14(9)25/h4-5,23-24H,2-3,6-7H2,1H3,(H,20,21,25). The largest absolute Gasteiger partial charge is 0.504 e. The number of aromatic hydroxyl groups is 2. The van der Waals surface area contributed by atoms with E-state index in [9.17, 15) is 28.2 Å². The van der Waals surface area contributed by atoms with Gasteiger partial charge in [0.1, 0.15) is 0 Å². The number of phenolic OH excluding ortho intramolecular Hbond substituents is 2. The lowest BCUT2D eigenvalue weighted by molar-refractivity contribution is -0.145. The lowest BCUT2D eigenvalue weighted by Crippen LogP contribution is -2.36. The van der Waals surface area contributed by atoms with E-state index in [0.29, 0.717) is 12.1 Å². The Labute approximate surface area is 145 Å². The van der Waals surface area contributed by atoms with Crippen molar-refractivity contribution in [1.29, 1.82) is 0 Å². The molecule has 10 heteroatoms. The highest BCUT2D eigenvalue weighted by Gasteiger charge is 2.36. The van der Waals surface area contributed by atoms with E-state index >= 15 is 0 Å². The summed E-state index contributed by atoms with van der Waals surface area (Å²) in [4.78, 5) is 19.0. The number of rotatable bonds is 3. The van der Waals surface area contributed by atoms with E-state index in [1.54, 1.807) is 9.88 Å². The molecule has 0 atom stereocenters. The first-order chi connectivity index (χ1) is 12.2. The summed E-state index contributed by atoms with van der Waals surface area (Å²) in [5, 5.41) is 19.4. The molecule has 3 rings (SSSR count). The molecule has 1 aliphatic heterocycles. The van der Waals surface area contributed by atoms with Crippen LogP contribution in [-0.2, 0) is 25.7 Å². The predicted molar refractivity (Wildman–Crippen MR) is 84.0 cm³/mol. The summed E-state index contributed by atoms with van der Waals surface area (Å²) in [5.74, 6) is -1.97. The molecule has 0 spiro atoms. The molecular formula is C16H16F3N3O4. The molecule has 0 bridgehead atoms. The third-order valence-electron chi connectivity index (χ3n) is 4.16. The fourth-order valence-electron chi connectivity index (χ4n) is 2.92. The minimum atomic E-state index is -4.73. The number of hydrogen-bond donors (Lipinski definition) is 3. The highest BCUT2D eigenvalue weighted by atomic mass is 19.4. The van der Waals surface area contributed by atoms with Crippen LogP contribution in [0.2, 0.25) is 0 Å². The first-order valence-corrected chi connectivity index (χ1v) is 7.69. The van der Waals surface area contributed by atoms with Gasteiger partial charge >= 0.3 is 6.18 Å². The van der Waals surface area contributed by atoms with Gasteiger partial charge in [0, 0.05) is 25.2 Å². The van der Waals surface area contributed by atoms with Crippen molar-refractivity contribution in [2.45, 2.75) is 25.7 Å². The smallest absolute Gasteiger partial charge is 0.449 e. The summed E-state index contributed by atoms with van der Waals surface area (Å²) in [6.07, 6.45) is -4.47. The van der Waals surface area contributed by atoms with Crippen LogP contribution in [0.1, 0.15) is 22.6 Å². The molecule has 0 radical (unpaired) electrons. The van der Waals surface area contributed by atoms with Crippen LogP contribution in [0.3, 0.4) is 0 Å². The second kappa shape index (κ2) is 6.52. The molecule has 26 heavy (non-hydrogen) atoms. The van der Waals surface area contributed by atoms with E-state index in [0.717, 1.165) is 0 Å². The Bertz CT molecular complexity index is 896. The van der Waals surface area contributed by atoms with Crippen LogP contribution in [-0.4, -0.2) is 38.7 Å². The summed E-state index contributed by atoms with van der Waals surface area (Å²) in [5.41, 5.74) is 0.162. The monoisotopic (exact) mass is 371 g/mol. The molecule has 0 aliphatic carbocycles. The number of ether oxygens (including phenoxy) is 1. The molecule has 0 amide bonds. The van der Waals surface area contributed by atoms with Crippen LogP contribution < -0.4 is 10.3 Å². The fraction of sp³-hybridized carbons (Fsp3) is 0.375. The lowest BCUT2D eigenvalue weighted by Gasteiger charge is -2.28. The fourth-order valence-corrected chi connectivity index (χ4v) is 2.92. The van der Waals surface area contributed by atoms with Crippen LogP contribution in [0.5, 0.6) is 17.2 Å². The first kappa shape index (κ1) is 18.1. The zero-order chi connectivity index (χ0) is 19.1. The third-order valence-corrected chi connectivity index (χ3v) is 4.16. The second-order valence-electron chi connectivity index (χ2n) is 5.96. The number of alkyl halides is 3. The van der Waals surface area contributed by atoms with Gasteiger partial charge in [-0.1, -0.05) is 0 Å². The Kier molecular flexibility index (Phi) is 4.53. The summed E-state index contributed by atoms with van der Waals surface area (Å²) < 4.78 is 43.5. The molecule has 1 aromatic heterocycles. The quantitative estimate of drug-likeness (QED) is 0.712. The Balaban J connectivity index is 1.86. The Hall–Kier alpha value is -2.75. The Morgan fingerprint density at radius 2 is 2.08 bits per heavy atom. The molecular weight excluding hydrogens is 355 g/mol. The average Bonchev–Trinajstić information content (AvgIpc) is 2.56. The van der Waals surface area contributed by atoms with Crippen molar-refractivity contribution in [3.63, 3.8) is 0 Å². The van der Waals surface area contributed by atoms with Crippen molar-refractivity contribution >= 4 is 0 Å². The number of benzene rings is 1. The summed E-state index contributed by atoms with van der Waals surface area (Å²) in [6.45, 7) is 0.777. The SMILES string of the molecule is COc1cc(CN2CCc3c(nc(C(F)(F)F)[nH]c3=O)C2)cc(O)c1O. The van der Waals surface area contributed by atoms with E-state index in [-0.39, 0.29) is 48.0 Å². The zero-order valence-electron chi connectivity index (χ0n) is 13.7. The van der Waals surface area contributed by atoms with Gasteiger partial charge in [-0.25, -0.2) is 4.98 Å². The molecule has 7 nitrogen and oxygen atoms in total. The van der Waals surface area contributed by atoms with Crippen LogP contribution in [0.25, 0.3) is 0 Å². The van der Waals surface area contributed by atoms with Gasteiger partial charge in [-0.3, -0.25) is 9.69 Å². The molecule has 0 fully saturated rings. The Morgan fingerprint density at radius 3 is 2.73 bits per heavy atom. The third kappa shape index (κ3) is 3.45. The number of hydrogen-bond acceptors (Lipinski definition) is 6. The molecule has 2 aromatic rings. The van der Waals surface area contributed by atoms with Gasteiger partial charge in [0.25, 0.3) is 5.56 Å². The van der Waals surface area contributed by atoms with Crippen LogP contribution in [0, 0.1) is 0 Å². The topological polar surface area (TPSA) is 98.7 Å². The van der Waals surface area contributed by atoms with Crippen molar-refractivity contribution in [1.82, 2.24) is 14.9 Å². The zero-order valence-corrected chi connectivity index (χ0v) is 13.7. The normalized spacial score (nSPS) is 14.9. The first-order valence-electron chi connectivity index (χ1n) is 7.69. The number of aromatic amines is 1. The maximum atomic E-state index is 12.8. The van der Waals surface area contributed by atoms with E-state index < -0.39 is 17.6 Å². The van der Waals surface area contributed by atoms with Gasteiger partial charge in [-0.2, -0.15) is 13.2 Å². The maximum absolute atomic E-state index is 12.8. The molecule has 1 aliphatic rings. The molecule has 0 saturated heterocycles. The number of H-pyrrole nitrogens is 1. The number of halogens is 3. The van der Waals surface area contributed by atoms with Gasteiger partial charge in [0.05, 0.1) is 12.8 Å². The number of methoxy groups -OCH3 is 1. The average molecular weight is 371 g/mol. The maximum Gasteiger partial charge on any atom is 0.449 e. The number of nitrogens with zero attached hydrogens (tertiary/aromatic N) is 2. The summed E-state index contributed by atoms with van der Waals surface area (Å²) in [6, 6.07) is 2.87. The van der Waals surface area contributed by atoms with Gasteiger partial charge in [0.2, 0.25) is 11.6 Å². The van der Waals surface area contributed by atoms with Gasteiger partial charge in [0.15, 0.2) is 11.5 Å². The summed E-state index contributed by atoms with van der Waals surface area (Å²) in [7, 11) is 1.34. The molecule has 1 aromatic carbocycles. The molecule has 2 heterocycles. The van der Waals surface area contributed by atoms with E-state index in [1.165, 1.54) is 19.2 Å². The van der Waals surface area contributed by atoms with Crippen LogP contribution in [0.15, 0.2) is 16.9 Å². The predicted octanol–water partition coefficient (Wildman–Crippen LogP) is 1.77. The second-order valence-corrected chi connectivity index (χ2v) is 5.96. The van der Waals surface area contributed by atoms with Gasteiger partial charge in [-0.15, -0.1) is 0 Å². The van der Waals surface area contributed by atoms with Crippen molar-refractivity contribution in [3.05, 3.63) is 45.1 Å². The van der Waals surface area contributed by atoms with E-state index in [2.05, 4.69) is 4.98 Å². The molecule has 0 unspecified atom stereocenters. The van der Waals surface area contributed by atoms with Gasteiger partial charge in [-0.05, 0) is 24.1 Å². The molecule has 0 saturated carbocycles. The van der Waals surface area contributed by atoms with Crippen molar-refractivity contribution in [3.8, 4) is 17.2 Å². The van der Waals surface area contributed by atoms with Gasteiger partial charge < -0.3 is 19.9 Å². The number of fused-ring (bicyclic) bond motifs is 1. The number of phenols is 2. The molecule has 140 valence electrons. The van der Waals surface area contributed by atoms with Crippen LogP contribution >= 0.6 is 0 Å². The highest BCUT2D eigenvalue weighted by Crippen LogP contribution is 2.36. The van der Waals surface area contributed by atoms with Crippen LogP contribution in [0.4, 0.5) is 13.2 Å². The number of nitrogens with one attached hydrogen (secondary N) is 1. The summed E-state index contributed by atoms with van der Waals surface area (Å²) >= 11 is 0. The Morgan fingerprint density at radius 1 is 1.35 bits per heavy atom. The van der Waals surface area contributed by atoms with Crippen molar-refractivity contribution < 1.29 is 28.1 Å².